The van der Waals surface area contributed by atoms with E-state index in [4.69, 9.17) is 15.0 Å². The van der Waals surface area contributed by atoms with Crippen molar-refractivity contribution in [2.24, 2.45) is 17.6 Å². The van der Waals surface area contributed by atoms with Crippen LogP contribution in [0, 0.1) is 17.7 Å². The van der Waals surface area contributed by atoms with Crippen molar-refractivity contribution in [2.75, 3.05) is 28.2 Å². The van der Waals surface area contributed by atoms with Crippen LogP contribution in [0.3, 0.4) is 0 Å². The summed E-state index contributed by atoms with van der Waals surface area (Å²) in [5, 5.41) is 6.83. The second-order valence-electron chi connectivity index (χ2n) is 7.80. The first kappa shape index (κ1) is 15.3. The van der Waals surface area contributed by atoms with Gasteiger partial charge in [-0.3, -0.25) is 4.90 Å². The molecule has 1 aromatic carbocycles. The molecule has 1 spiro atoms. The molecule has 4 aliphatic rings. The van der Waals surface area contributed by atoms with Gasteiger partial charge in [0.2, 0.25) is 5.72 Å². The highest BCUT2D eigenvalue weighted by molar-refractivity contribution is 5.93. The maximum atomic E-state index is 14.8. The van der Waals surface area contributed by atoms with Gasteiger partial charge in [0.1, 0.15) is 23.7 Å². The van der Waals surface area contributed by atoms with Gasteiger partial charge in [0.25, 0.3) is 0 Å². The highest BCUT2D eigenvalue weighted by Crippen LogP contribution is 2.50. The number of amides is 1. The van der Waals surface area contributed by atoms with Crippen LogP contribution in [0.5, 0.6) is 0 Å². The predicted octanol–water partition coefficient (Wildman–Crippen LogP) is 1.83. The standard InChI is InChI=1S/C18H18FN5O3/c1-8-18(12-7-26-22-16(12)21-18)27-17(25)24(8)9-2-3-14(13(19)4-9)23-5-10-11(6-23)15(10)20/h2-4,7-8,10-11,15H,5-6,20H2,1H3,(H,21,22)/t8?,10-,11+,15?,18-/m1/s1. The zero-order chi connectivity index (χ0) is 18.5. The molecular formula is C18H18FN5O3. The molecule has 1 aromatic heterocycles. The molecule has 6 rings (SSSR count). The van der Waals surface area contributed by atoms with Crippen LogP contribution in [0.15, 0.2) is 29.0 Å². The molecule has 5 atom stereocenters. The number of piperidine rings is 1. The van der Waals surface area contributed by atoms with Crippen LogP contribution >= 0.6 is 0 Å². The Morgan fingerprint density at radius 3 is 2.85 bits per heavy atom. The van der Waals surface area contributed by atoms with Crippen molar-refractivity contribution in [3.05, 3.63) is 35.8 Å². The Morgan fingerprint density at radius 2 is 2.15 bits per heavy atom. The molecule has 27 heavy (non-hydrogen) atoms. The van der Waals surface area contributed by atoms with E-state index in [2.05, 4.69) is 10.5 Å². The molecule has 8 nitrogen and oxygen atoms in total. The Balaban J connectivity index is 1.29. The van der Waals surface area contributed by atoms with Crippen molar-refractivity contribution in [3.8, 4) is 0 Å². The molecule has 3 N–H and O–H groups in total. The SMILES string of the molecule is CC1N(c2ccc(N3C[C@@H]4C(N)[C@@H]4C3)c(F)c2)C(=O)O[C@]12Nc1nocc12. The number of nitrogens with two attached hydrogens (primary N) is 1. The summed E-state index contributed by atoms with van der Waals surface area (Å²) in [5.74, 6) is 1.15. The molecular weight excluding hydrogens is 353 g/mol. The lowest BCUT2D eigenvalue weighted by molar-refractivity contribution is 0.0490. The topological polar surface area (TPSA) is 96.9 Å². The quantitative estimate of drug-likeness (QED) is 0.831. The number of nitrogens with zero attached hydrogens (tertiary/aromatic N) is 3. The van der Waals surface area contributed by atoms with Crippen molar-refractivity contribution < 1.29 is 18.4 Å². The molecule has 4 heterocycles. The maximum absolute atomic E-state index is 14.8. The van der Waals surface area contributed by atoms with Crippen molar-refractivity contribution in [3.63, 3.8) is 0 Å². The van der Waals surface area contributed by atoms with Crippen LogP contribution in [-0.2, 0) is 10.5 Å². The molecule has 0 bridgehead atoms. The molecule has 3 fully saturated rings. The summed E-state index contributed by atoms with van der Waals surface area (Å²) in [6.45, 7) is 3.41. The largest absolute Gasteiger partial charge is 0.417 e. The van der Waals surface area contributed by atoms with Crippen LogP contribution in [0.1, 0.15) is 12.5 Å². The molecule has 2 saturated heterocycles. The summed E-state index contributed by atoms with van der Waals surface area (Å²) >= 11 is 0. The van der Waals surface area contributed by atoms with Gasteiger partial charge in [0.15, 0.2) is 5.82 Å². The van der Waals surface area contributed by atoms with Crippen molar-refractivity contribution in [1.29, 1.82) is 0 Å². The minimum atomic E-state index is -1.01. The third-order valence-corrected chi connectivity index (χ3v) is 6.50. The molecule has 0 radical (unpaired) electrons. The van der Waals surface area contributed by atoms with E-state index in [0.29, 0.717) is 34.6 Å². The average molecular weight is 371 g/mol. The highest BCUT2D eigenvalue weighted by atomic mass is 19.1. The number of benzene rings is 1. The number of ether oxygens (including phenoxy) is 1. The van der Waals surface area contributed by atoms with Gasteiger partial charge in [-0.1, -0.05) is 5.16 Å². The predicted molar refractivity (Wildman–Crippen MR) is 93.8 cm³/mol. The summed E-state index contributed by atoms with van der Waals surface area (Å²) in [5.41, 5.74) is 6.66. The fourth-order valence-corrected chi connectivity index (χ4v) is 4.79. The lowest BCUT2D eigenvalue weighted by Gasteiger charge is -2.39. The van der Waals surface area contributed by atoms with Gasteiger partial charge in [-0.05, 0) is 37.0 Å². The molecule has 3 aliphatic heterocycles. The van der Waals surface area contributed by atoms with Gasteiger partial charge < -0.3 is 25.2 Å². The van der Waals surface area contributed by atoms with E-state index in [-0.39, 0.29) is 17.9 Å². The van der Waals surface area contributed by atoms with Crippen LogP contribution in [0.2, 0.25) is 0 Å². The van der Waals surface area contributed by atoms with Crippen molar-refractivity contribution >= 4 is 23.3 Å². The highest BCUT2D eigenvalue weighted by Gasteiger charge is 2.61. The summed E-state index contributed by atoms with van der Waals surface area (Å²) in [6, 6.07) is 4.75. The Bertz CT molecular complexity index is 968. The number of carbonyl (C=O) groups excluding carboxylic acids is 1. The zero-order valence-electron chi connectivity index (χ0n) is 14.6. The molecule has 1 aliphatic carbocycles. The third-order valence-electron chi connectivity index (χ3n) is 6.50. The van der Waals surface area contributed by atoms with Crippen molar-refractivity contribution in [2.45, 2.75) is 24.7 Å². The fourth-order valence-electron chi connectivity index (χ4n) is 4.79. The van der Waals surface area contributed by atoms with Crippen LogP contribution < -0.4 is 20.9 Å². The summed E-state index contributed by atoms with van der Waals surface area (Å²) in [6.07, 6.45) is 0.925. The Morgan fingerprint density at radius 1 is 1.37 bits per heavy atom. The molecule has 9 heteroatoms. The molecule has 2 unspecified atom stereocenters. The molecule has 140 valence electrons. The molecule has 1 saturated carbocycles. The zero-order valence-corrected chi connectivity index (χ0v) is 14.6. The lowest BCUT2D eigenvalue weighted by atomic mass is 9.91. The van der Waals surface area contributed by atoms with E-state index >= 15 is 0 Å². The Kier molecular flexibility index (Phi) is 2.67. The first-order valence-corrected chi connectivity index (χ1v) is 9.05. The van der Waals surface area contributed by atoms with Gasteiger partial charge in [-0.2, -0.15) is 0 Å². The summed E-state index contributed by atoms with van der Waals surface area (Å²) < 4.78 is 25.3. The van der Waals surface area contributed by atoms with Gasteiger partial charge in [-0.25, -0.2) is 9.18 Å². The first-order chi connectivity index (χ1) is 13.0. The van der Waals surface area contributed by atoms with Gasteiger partial charge in [0, 0.05) is 19.1 Å². The first-order valence-electron chi connectivity index (χ1n) is 9.05. The number of hydrogen-bond donors (Lipinski definition) is 2. The Hall–Kier alpha value is -2.81. The summed E-state index contributed by atoms with van der Waals surface area (Å²) in [4.78, 5) is 16.0. The van der Waals surface area contributed by atoms with Crippen LogP contribution in [0.25, 0.3) is 0 Å². The third kappa shape index (κ3) is 1.79. The smallest absolute Gasteiger partial charge is 0.416 e. The van der Waals surface area contributed by atoms with Gasteiger partial charge in [-0.15, -0.1) is 0 Å². The van der Waals surface area contributed by atoms with Crippen LogP contribution in [-0.4, -0.2) is 36.4 Å². The number of rotatable bonds is 2. The van der Waals surface area contributed by atoms with E-state index in [0.717, 1.165) is 13.1 Å². The average Bonchev–Trinajstić information content (AvgIpc) is 3.04. The number of nitrogens with one attached hydrogen (secondary N) is 1. The van der Waals surface area contributed by atoms with E-state index in [1.807, 2.05) is 11.8 Å². The van der Waals surface area contributed by atoms with E-state index < -0.39 is 11.8 Å². The monoisotopic (exact) mass is 371 g/mol. The fraction of sp³-hybridized carbons (Fsp3) is 0.444. The van der Waals surface area contributed by atoms with E-state index in [1.54, 1.807) is 12.1 Å². The number of fused-ring (bicyclic) bond motifs is 3. The number of aromatic nitrogens is 1. The minimum absolute atomic E-state index is 0.261. The normalized spacial score (nSPS) is 35.6. The van der Waals surface area contributed by atoms with Gasteiger partial charge >= 0.3 is 6.09 Å². The number of halogens is 1. The number of anilines is 3. The van der Waals surface area contributed by atoms with E-state index in [1.165, 1.54) is 17.2 Å². The van der Waals surface area contributed by atoms with E-state index in [9.17, 15) is 9.18 Å². The molecule has 1 amide bonds. The Labute approximate surface area is 154 Å². The number of hydrogen-bond acceptors (Lipinski definition) is 7. The van der Waals surface area contributed by atoms with Crippen molar-refractivity contribution in [1.82, 2.24) is 5.16 Å². The lowest BCUT2D eigenvalue weighted by Crippen LogP contribution is -2.52. The molecule has 2 aromatic rings. The minimum Gasteiger partial charge on any atom is -0.416 e. The number of carbonyl (C=O) groups is 1. The van der Waals surface area contributed by atoms with Gasteiger partial charge in [0.05, 0.1) is 11.4 Å². The summed E-state index contributed by atoms with van der Waals surface area (Å²) in [7, 11) is 0. The second kappa shape index (κ2) is 4.72. The second-order valence-corrected chi connectivity index (χ2v) is 7.80. The van der Waals surface area contributed by atoms with Crippen LogP contribution in [0.4, 0.5) is 26.4 Å². The maximum Gasteiger partial charge on any atom is 0.417 e.